The first-order chi connectivity index (χ1) is 9.78. The molecule has 2 nitrogen and oxygen atoms in total. The van der Waals surface area contributed by atoms with E-state index in [2.05, 4.69) is 36.2 Å². The van der Waals surface area contributed by atoms with Gasteiger partial charge in [0.05, 0.1) is 7.11 Å². The Bertz CT molecular complexity index is 644. The summed E-state index contributed by atoms with van der Waals surface area (Å²) in [4.78, 5) is 4.20. The van der Waals surface area contributed by atoms with Gasteiger partial charge in [0.2, 0.25) is 0 Å². The second kappa shape index (κ2) is 5.49. The summed E-state index contributed by atoms with van der Waals surface area (Å²) in [5.41, 5.74) is 6.97. The van der Waals surface area contributed by atoms with Crippen molar-refractivity contribution in [1.82, 2.24) is 4.98 Å². The number of allylic oxidation sites excluding steroid dienone is 2. The Morgan fingerprint density at radius 1 is 1.20 bits per heavy atom. The van der Waals surface area contributed by atoms with Crippen molar-refractivity contribution in [1.29, 1.82) is 0 Å². The van der Waals surface area contributed by atoms with Crippen molar-refractivity contribution in [2.75, 3.05) is 7.11 Å². The fourth-order valence-electron chi connectivity index (χ4n) is 2.88. The molecule has 1 heterocycles. The first-order valence-electron chi connectivity index (χ1n) is 7.03. The average molecular weight is 265 g/mol. The summed E-state index contributed by atoms with van der Waals surface area (Å²) >= 11 is 0. The van der Waals surface area contributed by atoms with Crippen molar-refractivity contribution in [2.45, 2.75) is 26.2 Å². The molecule has 0 amide bonds. The van der Waals surface area contributed by atoms with Gasteiger partial charge in [-0.05, 0) is 66.6 Å². The van der Waals surface area contributed by atoms with Gasteiger partial charge in [-0.1, -0.05) is 17.7 Å². The van der Waals surface area contributed by atoms with Gasteiger partial charge in [0, 0.05) is 12.4 Å². The summed E-state index contributed by atoms with van der Waals surface area (Å²) in [6.45, 7) is 2.23. The highest BCUT2D eigenvalue weighted by molar-refractivity contribution is 5.73. The molecule has 0 saturated carbocycles. The maximum atomic E-state index is 5.35. The third-order valence-electron chi connectivity index (χ3n) is 4.09. The number of ether oxygens (including phenoxy) is 1. The molecule has 1 aliphatic rings. The van der Waals surface area contributed by atoms with Crippen LogP contribution < -0.4 is 4.74 Å². The quantitative estimate of drug-likeness (QED) is 0.835. The summed E-state index contributed by atoms with van der Waals surface area (Å²) in [5.74, 6) is 0.936. The van der Waals surface area contributed by atoms with Crippen molar-refractivity contribution in [3.05, 3.63) is 65.0 Å². The topological polar surface area (TPSA) is 22.1 Å². The summed E-state index contributed by atoms with van der Waals surface area (Å²) in [7, 11) is 1.72. The Kier molecular flexibility index (Phi) is 3.55. The number of methoxy groups -OCH3 is 1. The van der Waals surface area contributed by atoms with Gasteiger partial charge in [0.15, 0.2) is 0 Å². The molecule has 0 radical (unpaired) electrons. The normalized spacial score (nSPS) is 14.1. The molecule has 0 aliphatic heterocycles. The van der Waals surface area contributed by atoms with E-state index in [1.54, 1.807) is 7.11 Å². The molecule has 0 spiro atoms. The number of hydrogen-bond donors (Lipinski definition) is 0. The Labute approximate surface area is 120 Å². The minimum atomic E-state index is 0.936. The molecule has 102 valence electrons. The van der Waals surface area contributed by atoms with Crippen molar-refractivity contribution >= 4 is 5.57 Å². The lowest BCUT2D eigenvalue weighted by atomic mass is 9.84. The second-order valence-electron chi connectivity index (χ2n) is 5.29. The number of rotatable bonds is 3. The Hall–Kier alpha value is -2.09. The number of aryl methyl sites for hydroxylation is 1. The number of benzene rings is 1. The van der Waals surface area contributed by atoms with Crippen LogP contribution in [0.25, 0.3) is 5.57 Å². The van der Waals surface area contributed by atoms with Gasteiger partial charge in [-0.3, -0.25) is 4.98 Å². The van der Waals surface area contributed by atoms with Gasteiger partial charge in [0.25, 0.3) is 0 Å². The second-order valence-corrected chi connectivity index (χ2v) is 5.29. The minimum Gasteiger partial charge on any atom is -0.497 e. The molecular formula is C18H19NO. The number of pyridine rings is 1. The molecule has 1 aromatic heterocycles. The lowest BCUT2D eigenvalue weighted by Crippen LogP contribution is -2.06. The van der Waals surface area contributed by atoms with Gasteiger partial charge in [-0.15, -0.1) is 0 Å². The van der Waals surface area contributed by atoms with Crippen molar-refractivity contribution in [2.24, 2.45) is 0 Å². The third-order valence-corrected chi connectivity index (χ3v) is 4.09. The molecular weight excluding hydrogens is 246 g/mol. The van der Waals surface area contributed by atoms with Gasteiger partial charge < -0.3 is 4.74 Å². The maximum absolute atomic E-state index is 5.35. The van der Waals surface area contributed by atoms with Crippen LogP contribution >= 0.6 is 0 Å². The van der Waals surface area contributed by atoms with Crippen LogP contribution in [0.15, 0.2) is 48.3 Å². The van der Waals surface area contributed by atoms with Crippen LogP contribution in [-0.4, -0.2) is 12.1 Å². The first kappa shape index (κ1) is 12.9. The summed E-state index contributed by atoms with van der Waals surface area (Å²) in [5, 5.41) is 0. The molecule has 0 N–H and O–H groups in total. The van der Waals surface area contributed by atoms with E-state index in [0.29, 0.717) is 0 Å². The summed E-state index contributed by atoms with van der Waals surface area (Å²) < 4.78 is 5.35. The van der Waals surface area contributed by atoms with Crippen molar-refractivity contribution < 1.29 is 4.74 Å². The lowest BCUT2D eigenvalue weighted by molar-refractivity contribution is 0.414. The average Bonchev–Trinajstić information content (AvgIpc) is 2.51. The van der Waals surface area contributed by atoms with Crippen LogP contribution in [0, 0.1) is 0 Å². The lowest BCUT2D eigenvalue weighted by Gasteiger charge is -2.22. The smallest absolute Gasteiger partial charge is 0.119 e. The van der Waals surface area contributed by atoms with Crippen LogP contribution in [0.3, 0.4) is 0 Å². The summed E-state index contributed by atoms with van der Waals surface area (Å²) in [6.07, 6.45) is 7.04. The highest BCUT2D eigenvalue weighted by Gasteiger charge is 2.16. The molecule has 0 fully saturated rings. The zero-order chi connectivity index (χ0) is 13.9. The van der Waals surface area contributed by atoms with Gasteiger partial charge >= 0.3 is 0 Å². The predicted molar refractivity (Wildman–Crippen MR) is 81.9 cm³/mol. The monoisotopic (exact) mass is 265 g/mol. The zero-order valence-corrected chi connectivity index (χ0v) is 12.0. The van der Waals surface area contributed by atoms with Crippen molar-refractivity contribution in [3.8, 4) is 5.75 Å². The number of hydrogen-bond acceptors (Lipinski definition) is 2. The molecule has 20 heavy (non-hydrogen) atoms. The fourth-order valence-corrected chi connectivity index (χ4v) is 2.88. The van der Waals surface area contributed by atoms with Crippen LogP contribution in [0.1, 0.15) is 30.0 Å². The van der Waals surface area contributed by atoms with E-state index in [9.17, 15) is 0 Å². The minimum absolute atomic E-state index is 0.936. The van der Waals surface area contributed by atoms with Gasteiger partial charge in [-0.2, -0.15) is 0 Å². The summed E-state index contributed by atoms with van der Waals surface area (Å²) in [6, 6.07) is 10.6. The van der Waals surface area contributed by atoms with E-state index in [-0.39, 0.29) is 0 Å². The Morgan fingerprint density at radius 2 is 2.10 bits per heavy atom. The molecule has 0 unspecified atom stereocenters. The highest BCUT2D eigenvalue weighted by atomic mass is 16.5. The third kappa shape index (κ3) is 2.46. The van der Waals surface area contributed by atoms with E-state index in [4.69, 9.17) is 4.74 Å². The molecule has 2 aromatic rings. The van der Waals surface area contributed by atoms with E-state index < -0.39 is 0 Å². The van der Waals surface area contributed by atoms with E-state index in [1.807, 2.05) is 18.5 Å². The van der Waals surface area contributed by atoms with Crippen LogP contribution in [0.5, 0.6) is 5.75 Å². The maximum Gasteiger partial charge on any atom is 0.119 e. The Balaban J connectivity index is 1.95. The van der Waals surface area contributed by atoms with Crippen LogP contribution in [0.2, 0.25) is 0 Å². The predicted octanol–water partition coefficient (Wildman–Crippen LogP) is 4.05. The van der Waals surface area contributed by atoms with Crippen LogP contribution in [-0.2, 0) is 12.8 Å². The number of nitrogens with zero attached hydrogens (tertiary/aromatic N) is 1. The SMILES string of the molecule is COc1ccc2c(c1)C(C)=C(Cc1cccnc1)CC2. The van der Waals surface area contributed by atoms with Gasteiger partial charge in [-0.25, -0.2) is 0 Å². The largest absolute Gasteiger partial charge is 0.497 e. The molecule has 1 aromatic carbocycles. The molecule has 0 saturated heterocycles. The standard InChI is InChI=1S/C18H19NO/c1-13-16(10-14-4-3-9-19-12-14)6-5-15-7-8-17(20-2)11-18(13)15/h3-4,7-9,11-12H,5-6,10H2,1-2H3. The molecule has 0 bridgehead atoms. The van der Waals surface area contributed by atoms with E-state index in [0.717, 1.165) is 25.0 Å². The molecule has 3 rings (SSSR count). The highest BCUT2D eigenvalue weighted by Crippen LogP contribution is 2.34. The van der Waals surface area contributed by atoms with Crippen LogP contribution in [0.4, 0.5) is 0 Å². The Morgan fingerprint density at radius 3 is 2.85 bits per heavy atom. The fraction of sp³-hybridized carbons (Fsp3) is 0.278. The van der Waals surface area contributed by atoms with Gasteiger partial charge in [0.1, 0.15) is 5.75 Å². The molecule has 2 heteroatoms. The van der Waals surface area contributed by atoms with Crippen molar-refractivity contribution in [3.63, 3.8) is 0 Å². The molecule has 1 aliphatic carbocycles. The van der Waals surface area contributed by atoms with E-state index >= 15 is 0 Å². The zero-order valence-electron chi connectivity index (χ0n) is 12.0. The molecule has 0 atom stereocenters. The van der Waals surface area contributed by atoms with E-state index in [1.165, 1.54) is 27.8 Å². The number of aromatic nitrogens is 1. The number of fused-ring (bicyclic) bond motifs is 1. The first-order valence-corrected chi connectivity index (χ1v) is 7.03.